The van der Waals surface area contributed by atoms with Crippen LogP contribution in [0.1, 0.15) is 20.3 Å². The second kappa shape index (κ2) is 7.03. The van der Waals surface area contributed by atoms with Crippen molar-refractivity contribution in [2.75, 3.05) is 0 Å². The lowest BCUT2D eigenvalue weighted by molar-refractivity contribution is 0.522. The smallest absolute Gasteiger partial charge is 0.183 e. The molecule has 0 heterocycles. The molecule has 0 spiro atoms. The lowest BCUT2D eigenvalue weighted by Gasteiger charge is -2.34. The van der Waals surface area contributed by atoms with E-state index in [1.807, 2.05) is 13.8 Å². The second-order valence-corrected chi connectivity index (χ2v) is 14.0. The summed E-state index contributed by atoms with van der Waals surface area (Å²) in [5.74, 6) is -0.293. The molecule has 0 N–H and O–H groups in total. The van der Waals surface area contributed by atoms with E-state index in [4.69, 9.17) is 0 Å². The molecule has 0 amide bonds. The van der Waals surface area contributed by atoms with Gasteiger partial charge in [-0.15, -0.1) is 0 Å². The van der Waals surface area contributed by atoms with Crippen molar-refractivity contribution in [3.8, 4) is 0 Å². The average molecular weight is 479 g/mol. The van der Waals surface area contributed by atoms with Gasteiger partial charge in [0.1, 0.15) is 0 Å². The largest absolute Gasteiger partial charge is 0.223 e. The normalized spacial score (nSPS) is 32.0. The minimum absolute atomic E-state index is 0.199. The third-order valence-corrected chi connectivity index (χ3v) is 12.6. The summed E-state index contributed by atoms with van der Waals surface area (Å²) >= 11 is 0. The molecule has 2 aromatic carbocycles. The van der Waals surface area contributed by atoms with Crippen LogP contribution in [0.2, 0.25) is 0 Å². The lowest BCUT2D eigenvalue weighted by atomic mass is 9.85. The number of hydrogen-bond donors (Lipinski definition) is 0. The van der Waals surface area contributed by atoms with Gasteiger partial charge in [-0.1, -0.05) is 70.8 Å². The Kier molecular flexibility index (Phi) is 4.50. The zero-order valence-electron chi connectivity index (χ0n) is 18.5. The molecule has 4 bridgehead atoms. The molecule has 2 aromatic rings. The predicted octanol–water partition coefficient (Wildman–Crippen LogP) is 4.77. The van der Waals surface area contributed by atoms with Crippen LogP contribution < -0.4 is 0 Å². The highest BCUT2D eigenvalue weighted by Gasteiger charge is 2.67. The van der Waals surface area contributed by atoms with Gasteiger partial charge in [0.2, 0.25) is 0 Å². The van der Waals surface area contributed by atoms with Crippen LogP contribution in [-0.4, -0.2) is 27.3 Å². The number of fused-ring (bicyclic) bond motifs is 8. The Bertz CT molecular complexity index is 1340. The highest BCUT2D eigenvalue weighted by Crippen LogP contribution is 2.67. The summed E-state index contributed by atoms with van der Waals surface area (Å²) in [5, 5.41) is -2.04. The molecule has 4 nitrogen and oxygen atoms in total. The fourth-order valence-electron chi connectivity index (χ4n) is 6.89. The molecule has 0 saturated heterocycles. The fraction of sp³-hybridized carbons (Fsp3) is 0.333. The number of sulfone groups is 2. The van der Waals surface area contributed by atoms with E-state index in [9.17, 15) is 16.8 Å². The van der Waals surface area contributed by atoms with Crippen molar-refractivity contribution in [3.05, 3.63) is 95.1 Å². The Morgan fingerprint density at radius 2 is 1.06 bits per heavy atom. The van der Waals surface area contributed by atoms with E-state index in [1.54, 1.807) is 60.7 Å². The van der Waals surface area contributed by atoms with Gasteiger partial charge in [0.25, 0.3) is 0 Å². The van der Waals surface area contributed by atoms with E-state index in [-0.39, 0.29) is 33.5 Å². The highest BCUT2D eigenvalue weighted by atomic mass is 32.2. The van der Waals surface area contributed by atoms with E-state index < -0.39 is 30.2 Å². The first-order chi connectivity index (χ1) is 15.7. The number of rotatable bonds is 4. The third kappa shape index (κ3) is 2.74. The van der Waals surface area contributed by atoms with Crippen LogP contribution in [-0.2, 0) is 19.7 Å². The maximum absolute atomic E-state index is 14.1. The maximum Gasteiger partial charge on any atom is 0.183 e. The molecule has 0 aromatic heterocycles. The summed E-state index contributed by atoms with van der Waals surface area (Å²) in [7, 11) is -7.81. The first-order valence-corrected chi connectivity index (χ1v) is 14.5. The first kappa shape index (κ1) is 21.1. The van der Waals surface area contributed by atoms with Gasteiger partial charge < -0.3 is 0 Å². The van der Waals surface area contributed by atoms with Crippen LogP contribution in [0, 0.1) is 23.7 Å². The molecular formula is C27H26O4S2. The van der Waals surface area contributed by atoms with Gasteiger partial charge in [-0.2, -0.15) is 0 Å². The van der Waals surface area contributed by atoms with Gasteiger partial charge in [0.15, 0.2) is 19.7 Å². The molecule has 170 valence electrons. The van der Waals surface area contributed by atoms with Crippen molar-refractivity contribution < 1.29 is 16.8 Å². The highest BCUT2D eigenvalue weighted by molar-refractivity contribution is 7.96. The van der Waals surface area contributed by atoms with Crippen molar-refractivity contribution >= 4 is 19.7 Å². The summed E-state index contributed by atoms with van der Waals surface area (Å²) in [6.07, 6.45) is 5.34. The Morgan fingerprint density at radius 1 is 0.667 bits per heavy atom. The first-order valence-electron chi connectivity index (χ1n) is 11.4. The van der Waals surface area contributed by atoms with E-state index in [2.05, 4.69) is 12.2 Å². The molecule has 1 saturated carbocycles. The third-order valence-electron chi connectivity index (χ3n) is 7.97. The van der Waals surface area contributed by atoms with E-state index in [0.717, 1.165) is 17.6 Å². The van der Waals surface area contributed by atoms with Crippen LogP contribution in [0.25, 0.3) is 0 Å². The van der Waals surface area contributed by atoms with Crippen molar-refractivity contribution in [3.63, 3.8) is 0 Å². The molecular weight excluding hydrogens is 452 g/mol. The van der Waals surface area contributed by atoms with Crippen molar-refractivity contribution in [2.24, 2.45) is 23.7 Å². The summed E-state index contributed by atoms with van der Waals surface area (Å²) in [6, 6.07) is 16.7. The molecule has 0 radical (unpaired) electrons. The molecule has 6 atom stereocenters. The van der Waals surface area contributed by atoms with Crippen molar-refractivity contribution in [2.45, 2.75) is 40.6 Å². The van der Waals surface area contributed by atoms with E-state index >= 15 is 0 Å². The number of hydrogen-bond acceptors (Lipinski definition) is 4. The van der Waals surface area contributed by atoms with Crippen LogP contribution in [0.15, 0.2) is 105 Å². The fourth-order valence-corrected chi connectivity index (χ4v) is 11.8. The van der Waals surface area contributed by atoms with Crippen LogP contribution in [0.4, 0.5) is 0 Å². The standard InChI is InChI=1S/C27H26O4S2/c1-16(2)21-24-22-17-13-14-18(15-17)23(22)25(21)27(33(30,31)20-11-7-4-8-12-20)26(24)32(28,29)19-9-5-3-6-10-19/h3-14,17-18,24-27H,15H2,1-2H3/t17-,18+,24+,25-,26+,27-. The summed E-state index contributed by atoms with van der Waals surface area (Å²) < 4.78 is 56.6. The quantitative estimate of drug-likeness (QED) is 0.469. The van der Waals surface area contributed by atoms with Crippen molar-refractivity contribution in [1.29, 1.82) is 0 Å². The average Bonchev–Trinajstić information content (AvgIpc) is 3.57. The minimum Gasteiger partial charge on any atom is -0.223 e. The zero-order chi connectivity index (χ0) is 23.1. The summed E-state index contributed by atoms with van der Waals surface area (Å²) in [4.78, 5) is 0.398. The van der Waals surface area contributed by atoms with Gasteiger partial charge in [-0.25, -0.2) is 16.8 Å². The lowest BCUT2D eigenvalue weighted by Crippen LogP contribution is -2.45. The number of allylic oxidation sites excluding steroid dienone is 6. The van der Waals surface area contributed by atoms with Gasteiger partial charge in [0, 0.05) is 11.8 Å². The van der Waals surface area contributed by atoms with Crippen LogP contribution >= 0.6 is 0 Å². The zero-order valence-corrected chi connectivity index (χ0v) is 20.2. The molecule has 4 aliphatic carbocycles. The van der Waals surface area contributed by atoms with E-state index in [1.165, 1.54) is 11.1 Å². The van der Waals surface area contributed by atoms with E-state index in [0.29, 0.717) is 0 Å². The van der Waals surface area contributed by atoms with Crippen LogP contribution in [0.3, 0.4) is 0 Å². The molecule has 0 aliphatic heterocycles. The summed E-state index contributed by atoms with van der Waals surface area (Å²) in [6.45, 7) is 3.99. The topological polar surface area (TPSA) is 68.3 Å². The Hall–Kier alpha value is -2.44. The molecule has 4 aliphatic rings. The molecule has 6 rings (SSSR count). The Labute approximate surface area is 195 Å². The van der Waals surface area contributed by atoms with Gasteiger partial charge in [-0.05, 0) is 56.4 Å². The molecule has 1 fully saturated rings. The van der Waals surface area contributed by atoms with Gasteiger partial charge >= 0.3 is 0 Å². The van der Waals surface area contributed by atoms with Crippen LogP contribution in [0.5, 0.6) is 0 Å². The Balaban J connectivity index is 1.63. The van der Waals surface area contributed by atoms with Gasteiger partial charge in [0.05, 0.1) is 20.3 Å². The summed E-state index contributed by atoms with van der Waals surface area (Å²) in [5.41, 5.74) is 4.44. The minimum atomic E-state index is -3.90. The number of benzene rings is 2. The SMILES string of the molecule is CC(C)=C1[C@@H]2C3=C([C@H]1[C@H](S(=O)(=O)c1ccccc1)[C@@H]2S(=O)(=O)c1ccccc1)[C@@H]1C=C[C@H]3C1. The predicted molar refractivity (Wildman–Crippen MR) is 128 cm³/mol. The molecule has 0 unspecified atom stereocenters. The monoisotopic (exact) mass is 478 g/mol. The maximum atomic E-state index is 14.1. The second-order valence-electron chi connectivity index (χ2n) is 9.80. The molecule has 33 heavy (non-hydrogen) atoms. The van der Waals surface area contributed by atoms with Crippen molar-refractivity contribution in [1.82, 2.24) is 0 Å². The molecule has 6 heteroatoms. The van der Waals surface area contributed by atoms with Gasteiger partial charge in [-0.3, -0.25) is 0 Å². The Morgan fingerprint density at radius 3 is 1.42 bits per heavy atom.